The molecule has 0 fully saturated rings. The van der Waals surface area contributed by atoms with E-state index in [1.165, 1.54) is 13.0 Å². The van der Waals surface area contributed by atoms with Crippen LogP contribution in [0.3, 0.4) is 0 Å². The molecule has 2 N–H and O–H groups in total. The van der Waals surface area contributed by atoms with Gasteiger partial charge in [0.25, 0.3) is 0 Å². The number of ketones is 2. The zero-order valence-corrected chi connectivity index (χ0v) is 19.2. The molecule has 0 saturated carbocycles. The van der Waals surface area contributed by atoms with Gasteiger partial charge in [-0.3, -0.25) is 9.59 Å². The van der Waals surface area contributed by atoms with Crippen molar-refractivity contribution in [3.05, 3.63) is 70.6 Å². The Labute approximate surface area is 193 Å². The van der Waals surface area contributed by atoms with Crippen molar-refractivity contribution in [1.82, 2.24) is 0 Å². The van der Waals surface area contributed by atoms with Crippen LogP contribution in [0.15, 0.2) is 70.6 Å². The number of esters is 1. The molecule has 1 aliphatic carbocycles. The fraction of sp³-hybridized carbons (Fsp3) is 0.423. The van der Waals surface area contributed by atoms with Crippen LogP contribution in [0.5, 0.6) is 0 Å². The van der Waals surface area contributed by atoms with Crippen LogP contribution in [0.25, 0.3) is 0 Å². The van der Waals surface area contributed by atoms with Gasteiger partial charge in [0.1, 0.15) is 11.3 Å². The highest BCUT2D eigenvalue weighted by atomic mass is 16.6. The third-order valence-corrected chi connectivity index (χ3v) is 6.26. The number of aliphatic hydroxyl groups is 2. The summed E-state index contributed by atoms with van der Waals surface area (Å²) in [5, 5.41) is 20.0. The van der Waals surface area contributed by atoms with Gasteiger partial charge < -0.3 is 19.7 Å². The summed E-state index contributed by atoms with van der Waals surface area (Å²) < 4.78 is 10.9. The molecule has 3 atom stereocenters. The van der Waals surface area contributed by atoms with Gasteiger partial charge in [0, 0.05) is 17.2 Å². The lowest BCUT2D eigenvalue weighted by Gasteiger charge is -2.36. The lowest BCUT2D eigenvalue weighted by Crippen LogP contribution is -2.45. The van der Waals surface area contributed by atoms with Gasteiger partial charge in [0.2, 0.25) is 5.78 Å². The fourth-order valence-corrected chi connectivity index (χ4v) is 4.07. The smallest absolute Gasteiger partial charge is 0.343 e. The summed E-state index contributed by atoms with van der Waals surface area (Å²) in [7, 11) is 0. The van der Waals surface area contributed by atoms with Gasteiger partial charge in [0.15, 0.2) is 11.4 Å². The third-order valence-electron chi connectivity index (χ3n) is 6.26. The Balaban J connectivity index is 1.81. The molecular weight excluding hydrogens is 424 g/mol. The second-order valence-electron chi connectivity index (χ2n) is 8.63. The lowest BCUT2D eigenvalue weighted by atomic mass is 9.73. The number of carbonyl (C=O) groups is 3. The number of hydrogen-bond donors (Lipinski definition) is 2. The molecule has 7 nitrogen and oxygen atoms in total. The summed E-state index contributed by atoms with van der Waals surface area (Å²) >= 11 is 0. The maximum absolute atomic E-state index is 13.1. The van der Waals surface area contributed by atoms with E-state index in [9.17, 15) is 24.6 Å². The molecule has 3 aliphatic rings. The molecule has 0 bridgehead atoms. The Morgan fingerprint density at radius 1 is 1.24 bits per heavy atom. The Bertz CT molecular complexity index is 1020. The lowest BCUT2D eigenvalue weighted by molar-refractivity contribution is -0.153. The zero-order valence-electron chi connectivity index (χ0n) is 19.2. The van der Waals surface area contributed by atoms with Crippen molar-refractivity contribution in [1.29, 1.82) is 0 Å². The summed E-state index contributed by atoms with van der Waals surface area (Å²) in [6, 6.07) is 0. The third kappa shape index (κ3) is 5.15. The maximum Gasteiger partial charge on any atom is 0.343 e. The van der Waals surface area contributed by atoms with Gasteiger partial charge in [-0.2, -0.15) is 0 Å². The first-order valence-electron chi connectivity index (χ1n) is 11.1. The molecule has 0 aromatic rings. The molecule has 3 rings (SSSR count). The molecular formula is C26H30O7. The fourth-order valence-electron chi connectivity index (χ4n) is 4.07. The van der Waals surface area contributed by atoms with Gasteiger partial charge in [-0.25, -0.2) is 4.79 Å². The standard InChI is InChI=1S/C26H30O7/c1-4-16(2)9-7-5-6-8-10-18(28)13-22(29)23-21-12-17-11-19(14-27)32-15-20(17)24(30)26(21,3)33-25(23)31/h5-10,13,16,19,27,29H,4,11-12,14-15H2,1-3H3/b6-5+,9-7+,10-8+,22-13-/t16-,19+,26+/m0/s1. The molecule has 2 heterocycles. The number of ether oxygens (including phenoxy) is 2. The van der Waals surface area contributed by atoms with Crippen molar-refractivity contribution in [3.8, 4) is 0 Å². The average Bonchev–Trinajstić information content (AvgIpc) is 3.05. The number of aliphatic hydroxyl groups excluding tert-OH is 2. The molecule has 0 aromatic heterocycles. The highest BCUT2D eigenvalue weighted by Crippen LogP contribution is 2.47. The highest BCUT2D eigenvalue weighted by Gasteiger charge is 2.54. The van der Waals surface area contributed by atoms with Crippen LogP contribution in [0.2, 0.25) is 0 Å². The van der Waals surface area contributed by atoms with E-state index in [1.54, 1.807) is 18.2 Å². The molecule has 7 heteroatoms. The Morgan fingerprint density at radius 3 is 2.67 bits per heavy atom. The first-order valence-corrected chi connectivity index (χ1v) is 11.1. The Kier molecular flexibility index (Phi) is 7.66. The van der Waals surface area contributed by atoms with Crippen molar-refractivity contribution in [3.63, 3.8) is 0 Å². The predicted octanol–water partition coefficient (Wildman–Crippen LogP) is 3.37. The van der Waals surface area contributed by atoms with Gasteiger partial charge in [-0.1, -0.05) is 56.2 Å². The number of allylic oxidation sites excluding steroid dienone is 7. The summed E-state index contributed by atoms with van der Waals surface area (Å²) in [5.41, 5.74) is -0.167. The summed E-state index contributed by atoms with van der Waals surface area (Å²) in [5.74, 6) is -1.81. The molecule has 0 amide bonds. The van der Waals surface area contributed by atoms with E-state index in [1.807, 2.05) is 6.08 Å². The number of rotatable bonds is 8. The quantitative estimate of drug-likeness (QED) is 0.250. The Hall–Kier alpha value is -3.03. The van der Waals surface area contributed by atoms with E-state index >= 15 is 0 Å². The second-order valence-corrected chi connectivity index (χ2v) is 8.63. The van der Waals surface area contributed by atoms with Gasteiger partial charge in [-0.15, -0.1) is 0 Å². The SMILES string of the molecule is CC[C@H](C)/C=C/C=C/C=C/C(=O)/C=C(\O)C1=C2CC3=C(CO[C@@H](CO)C3)C(=O)[C@]2(C)OC1=O. The number of fused-ring (bicyclic) bond motifs is 1. The summed E-state index contributed by atoms with van der Waals surface area (Å²) in [6.45, 7) is 5.56. The molecule has 33 heavy (non-hydrogen) atoms. The molecule has 176 valence electrons. The summed E-state index contributed by atoms with van der Waals surface area (Å²) in [6.07, 6.45) is 12.4. The Morgan fingerprint density at radius 2 is 1.97 bits per heavy atom. The predicted molar refractivity (Wildman–Crippen MR) is 122 cm³/mol. The van der Waals surface area contributed by atoms with Crippen molar-refractivity contribution in [2.45, 2.75) is 51.7 Å². The minimum atomic E-state index is -1.54. The van der Waals surface area contributed by atoms with E-state index in [-0.39, 0.29) is 25.2 Å². The molecule has 0 unspecified atom stereocenters. The van der Waals surface area contributed by atoms with E-state index in [2.05, 4.69) is 19.9 Å². The van der Waals surface area contributed by atoms with Crippen LogP contribution in [-0.2, 0) is 23.9 Å². The van der Waals surface area contributed by atoms with Crippen LogP contribution < -0.4 is 0 Å². The number of Topliss-reactive ketones (excluding diaryl/α,β-unsaturated/α-hetero) is 1. The first-order chi connectivity index (χ1) is 15.7. The van der Waals surface area contributed by atoms with Gasteiger partial charge in [-0.05, 0) is 31.8 Å². The van der Waals surface area contributed by atoms with Crippen LogP contribution in [-0.4, -0.2) is 52.7 Å². The van der Waals surface area contributed by atoms with Crippen molar-refractivity contribution in [2.75, 3.05) is 13.2 Å². The number of carbonyl (C=O) groups excluding carboxylic acids is 3. The molecule has 0 aromatic carbocycles. The van der Waals surface area contributed by atoms with Gasteiger partial charge in [0.05, 0.1) is 19.3 Å². The molecule has 2 aliphatic heterocycles. The minimum absolute atomic E-state index is 0.0420. The van der Waals surface area contributed by atoms with Crippen molar-refractivity contribution < 1.29 is 34.1 Å². The average molecular weight is 455 g/mol. The van der Waals surface area contributed by atoms with E-state index in [0.29, 0.717) is 23.5 Å². The minimum Gasteiger partial charge on any atom is -0.507 e. The zero-order chi connectivity index (χ0) is 24.2. The molecule has 0 spiro atoms. The normalized spacial score (nSPS) is 27.0. The van der Waals surface area contributed by atoms with Crippen molar-refractivity contribution >= 4 is 17.5 Å². The van der Waals surface area contributed by atoms with Crippen LogP contribution >= 0.6 is 0 Å². The van der Waals surface area contributed by atoms with E-state index in [4.69, 9.17) is 9.47 Å². The highest BCUT2D eigenvalue weighted by molar-refractivity contribution is 6.13. The maximum atomic E-state index is 13.1. The van der Waals surface area contributed by atoms with Crippen molar-refractivity contribution in [2.24, 2.45) is 5.92 Å². The second kappa shape index (κ2) is 10.3. The monoisotopic (exact) mass is 454 g/mol. The number of hydrogen-bond acceptors (Lipinski definition) is 7. The summed E-state index contributed by atoms with van der Waals surface area (Å²) in [4.78, 5) is 37.9. The van der Waals surface area contributed by atoms with E-state index < -0.39 is 35.0 Å². The van der Waals surface area contributed by atoms with Gasteiger partial charge >= 0.3 is 5.97 Å². The van der Waals surface area contributed by atoms with Crippen LogP contribution in [0.4, 0.5) is 0 Å². The van der Waals surface area contributed by atoms with Crippen LogP contribution in [0.1, 0.15) is 40.0 Å². The first kappa shape index (κ1) is 24.6. The molecule has 0 radical (unpaired) electrons. The molecule has 0 saturated heterocycles. The topological polar surface area (TPSA) is 110 Å². The largest absolute Gasteiger partial charge is 0.507 e. The van der Waals surface area contributed by atoms with Crippen LogP contribution in [0, 0.1) is 5.92 Å². The van der Waals surface area contributed by atoms with E-state index in [0.717, 1.165) is 18.1 Å².